The highest BCUT2D eigenvalue weighted by Crippen LogP contribution is 2.32. The molecule has 0 radical (unpaired) electrons. The van der Waals surface area contributed by atoms with Gasteiger partial charge in [0.25, 0.3) is 0 Å². The highest BCUT2D eigenvalue weighted by atomic mass is 19.1. The minimum absolute atomic E-state index is 0.0873. The van der Waals surface area contributed by atoms with Crippen molar-refractivity contribution in [1.29, 1.82) is 0 Å². The van der Waals surface area contributed by atoms with Crippen molar-refractivity contribution in [2.24, 2.45) is 0 Å². The molecule has 1 N–H and O–H groups in total. The number of benzene rings is 1. The van der Waals surface area contributed by atoms with Gasteiger partial charge in [0, 0.05) is 18.3 Å². The van der Waals surface area contributed by atoms with E-state index in [1.54, 1.807) is 24.4 Å². The van der Waals surface area contributed by atoms with Gasteiger partial charge in [0.05, 0.1) is 12.2 Å². The van der Waals surface area contributed by atoms with Crippen molar-refractivity contribution >= 4 is 6.03 Å². The minimum atomic E-state index is -0.256. The molecule has 1 fully saturated rings. The van der Waals surface area contributed by atoms with Crippen LogP contribution in [0.2, 0.25) is 0 Å². The van der Waals surface area contributed by atoms with Crippen LogP contribution in [0.15, 0.2) is 42.9 Å². The Bertz CT molecular complexity index is 692. The third kappa shape index (κ3) is 3.69. The number of rotatable bonds is 4. The van der Waals surface area contributed by atoms with E-state index >= 15 is 0 Å². The molecule has 1 aromatic heterocycles. The van der Waals surface area contributed by atoms with Crippen LogP contribution in [0.4, 0.5) is 9.18 Å². The van der Waals surface area contributed by atoms with Crippen LogP contribution in [0.1, 0.15) is 31.0 Å². The van der Waals surface area contributed by atoms with Crippen LogP contribution in [-0.4, -0.2) is 33.0 Å². The third-order valence-corrected chi connectivity index (χ3v) is 4.56. The van der Waals surface area contributed by atoms with Gasteiger partial charge in [0.2, 0.25) is 0 Å². The Morgan fingerprint density at radius 3 is 2.83 bits per heavy atom. The van der Waals surface area contributed by atoms with Crippen LogP contribution >= 0.6 is 0 Å². The van der Waals surface area contributed by atoms with Gasteiger partial charge in [-0.15, -0.1) is 0 Å². The second-order valence-electron chi connectivity index (χ2n) is 6.41. The first-order chi connectivity index (χ1) is 11.6. The molecule has 6 heteroatoms. The van der Waals surface area contributed by atoms with Crippen molar-refractivity contribution in [2.45, 2.75) is 38.3 Å². The van der Waals surface area contributed by atoms with Crippen molar-refractivity contribution in [3.05, 3.63) is 59.9 Å². The summed E-state index contributed by atoms with van der Waals surface area (Å²) in [7, 11) is 0. The number of hydrogen-bond acceptors (Lipinski definition) is 3. The first kappa shape index (κ1) is 16.4. The van der Waals surface area contributed by atoms with Crippen LogP contribution in [0.25, 0.3) is 0 Å². The molecule has 2 amide bonds. The summed E-state index contributed by atoms with van der Waals surface area (Å²) >= 11 is 0. The average molecular weight is 328 g/mol. The molecule has 0 saturated carbocycles. The predicted molar refractivity (Wildman–Crippen MR) is 88.7 cm³/mol. The lowest BCUT2D eigenvalue weighted by Crippen LogP contribution is -2.50. The third-order valence-electron chi connectivity index (χ3n) is 4.56. The summed E-state index contributed by atoms with van der Waals surface area (Å²) in [4.78, 5) is 22.5. The van der Waals surface area contributed by atoms with E-state index in [-0.39, 0.29) is 17.4 Å². The van der Waals surface area contributed by atoms with Crippen molar-refractivity contribution in [1.82, 2.24) is 20.2 Å². The lowest BCUT2D eigenvalue weighted by Gasteiger charge is -2.35. The summed E-state index contributed by atoms with van der Waals surface area (Å²) in [6.07, 6.45) is 5.75. The quantitative estimate of drug-likeness (QED) is 0.939. The molecule has 0 spiro atoms. The standard InChI is InChI=1S/C18H21FN4O/c1-18(11-14-3-5-15(19)6-4-14)8-2-10-23(18)17(24)21-12-16-7-9-20-13-22-16/h3-7,9,13H,2,8,10-12H2,1H3,(H,21,24)/t18-/m1/s1. The number of likely N-dealkylation sites (tertiary alicyclic amines) is 1. The molecular formula is C18H21FN4O. The molecule has 3 rings (SSSR count). The summed E-state index contributed by atoms with van der Waals surface area (Å²) in [6, 6.07) is 8.20. The number of aromatic nitrogens is 2. The molecule has 1 saturated heterocycles. The fourth-order valence-corrected chi connectivity index (χ4v) is 3.28. The fourth-order valence-electron chi connectivity index (χ4n) is 3.28. The summed E-state index contributed by atoms with van der Waals surface area (Å²) in [5, 5.41) is 2.93. The van der Waals surface area contributed by atoms with Crippen molar-refractivity contribution < 1.29 is 9.18 Å². The molecule has 0 unspecified atom stereocenters. The van der Waals surface area contributed by atoms with Crippen LogP contribution in [0.5, 0.6) is 0 Å². The highest BCUT2D eigenvalue weighted by Gasteiger charge is 2.39. The number of nitrogens with zero attached hydrogens (tertiary/aromatic N) is 3. The summed E-state index contributed by atoms with van der Waals surface area (Å²) in [5.41, 5.74) is 1.56. The normalized spacial score (nSPS) is 20.2. The van der Waals surface area contributed by atoms with Gasteiger partial charge in [-0.1, -0.05) is 12.1 Å². The molecular weight excluding hydrogens is 307 g/mol. The van der Waals surface area contributed by atoms with E-state index in [9.17, 15) is 9.18 Å². The lowest BCUT2D eigenvalue weighted by atomic mass is 9.90. The van der Waals surface area contributed by atoms with Crippen molar-refractivity contribution in [3.8, 4) is 0 Å². The average Bonchev–Trinajstić information content (AvgIpc) is 2.97. The van der Waals surface area contributed by atoms with Crippen LogP contribution < -0.4 is 5.32 Å². The molecule has 1 aliphatic rings. The van der Waals surface area contributed by atoms with E-state index in [4.69, 9.17) is 0 Å². The van der Waals surface area contributed by atoms with E-state index in [0.29, 0.717) is 13.0 Å². The van der Waals surface area contributed by atoms with Crippen molar-refractivity contribution in [2.75, 3.05) is 6.54 Å². The maximum atomic E-state index is 13.1. The number of hydrogen-bond donors (Lipinski definition) is 1. The smallest absolute Gasteiger partial charge is 0.318 e. The molecule has 0 aliphatic carbocycles. The van der Waals surface area contributed by atoms with Gasteiger partial charge in [0.1, 0.15) is 12.1 Å². The largest absolute Gasteiger partial charge is 0.332 e. The van der Waals surface area contributed by atoms with E-state index in [2.05, 4.69) is 22.2 Å². The predicted octanol–water partition coefficient (Wildman–Crippen LogP) is 2.92. The monoisotopic (exact) mass is 328 g/mol. The van der Waals surface area contributed by atoms with E-state index < -0.39 is 0 Å². The van der Waals surface area contributed by atoms with Gasteiger partial charge in [-0.2, -0.15) is 0 Å². The van der Waals surface area contributed by atoms with Crippen molar-refractivity contribution in [3.63, 3.8) is 0 Å². The summed E-state index contributed by atoms with van der Waals surface area (Å²) < 4.78 is 13.1. The van der Waals surface area contributed by atoms with Gasteiger partial charge >= 0.3 is 6.03 Å². The SMILES string of the molecule is C[C@]1(Cc2ccc(F)cc2)CCCN1C(=O)NCc1ccncn1. The van der Waals surface area contributed by atoms with E-state index in [1.165, 1.54) is 18.5 Å². The summed E-state index contributed by atoms with van der Waals surface area (Å²) in [5.74, 6) is -0.241. The highest BCUT2D eigenvalue weighted by molar-refractivity contribution is 5.75. The molecule has 1 atom stereocenters. The maximum absolute atomic E-state index is 13.1. The first-order valence-electron chi connectivity index (χ1n) is 8.12. The molecule has 5 nitrogen and oxygen atoms in total. The summed E-state index contributed by atoms with van der Waals surface area (Å²) in [6.45, 7) is 3.20. The van der Waals surface area contributed by atoms with E-state index in [0.717, 1.165) is 30.6 Å². The van der Waals surface area contributed by atoms with Gasteiger partial charge in [-0.25, -0.2) is 19.2 Å². The lowest BCUT2D eigenvalue weighted by molar-refractivity contribution is 0.155. The zero-order valence-electron chi connectivity index (χ0n) is 13.7. The van der Waals surface area contributed by atoms with Gasteiger partial charge in [0.15, 0.2) is 0 Å². The topological polar surface area (TPSA) is 58.1 Å². The second-order valence-corrected chi connectivity index (χ2v) is 6.41. The molecule has 2 heterocycles. The zero-order chi connectivity index (χ0) is 17.0. The molecule has 1 aliphatic heterocycles. The zero-order valence-corrected chi connectivity index (χ0v) is 13.7. The number of carbonyl (C=O) groups excluding carboxylic acids is 1. The number of carbonyl (C=O) groups is 1. The Kier molecular flexibility index (Phi) is 4.74. The number of amides is 2. The van der Waals surface area contributed by atoms with Gasteiger partial charge in [-0.05, 0) is 49.9 Å². The minimum Gasteiger partial charge on any atom is -0.332 e. The van der Waals surface area contributed by atoms with Crippen LogP contribution in [0, 0.1) is 5.82 Å². The van der Waals surface area contributed by atoms with E-state index in [1.807, 2.05) is 4.90 Å². The Morgan fingerprint density at radius 1 is 1.33 bits per heavy atom. The fraction of sp³-hybridized carbons (Fsp3) is 0.389. The number of halogens is 1. The Morgan fingerprint density at radius 2 is 2.12 bits per heavy atom. The number of urea groups is 1. The maximum Gasteiger partial charge on any atom is 0.318 e. The Labute approximate surface area is 140 Å². The number of nitrogens with one attached hydrogen (secondary N) is 1. The molecule has 126 valence electrons. The van der Waals surface area contributed by atoms with Gasteiger partial charge in [-0.3, -0.25) is 0 Å². The molecule has 1 aromatic carbocycles. The van der Waals surface area contributed by atoms with Crippen LogP contribution in [-0.2, 0) is 13.0 Å². The molecule has 24 heavy (non-hydrogen) atoms. The molecule has 0 bridgehead atoms. The Balaban J connectivity index is 1.65. The van der Waals surface area contributed by atoms with Gasteiger partial charge < -0.3 is 10.2 Å². The molecule has 2 aromatic rings. The first-order valence-corrected chi connectivity index (χ1v) is 8.12. The second kappa shape index (κ2) is 6.95. The Hall–Kier alpha value is -2.50. The van der Waals surface area contributed by atoms with Crippen LogP contribution in [0.3, 0.4) is 0 Å².